The summed E-state index contributed by atoms with van der Waals surface area (Å²) in [5.41, 5.74) is 0.923. The highest BCUT2D eigenvalue weighted by atomic mass is 35.5. The summed E-state index contributed by atoms with van der Waals surface area (Å²) in [5.74, 6) is -2.56. The normalized spacial score (nSPS) is 15.0. The number of esters is 1. The molecule has 2 aromatic carbocycles. The third-order valence-electron chi connectivity index (χ3n) is 4.31. The first-order valence-electron chi connectivity index (χ1n) is 8.53. The lowest BCUT2D eigenvalue weighted by molar-refractivity contribution is -0.156. The molecule has 1 aliphatic rings. The van der Waals surface area contributed by atoms with E-state index >= 15 is 0 Å². The molecule has 3 rings (SSSR count). The van der Waals surface area contributed by atoms with Gasteiger partial charge in [0.15, 0.2) is 6.10 Å². The lowest BCUT2D eigenvalue weighted by atomic mass is 10.1. The zero-order valence-electron chi connectivity index (χ0n) is 15.1. The van der Waals surface area contributed by atoms with Gasteiger partial charge in [0.2, 0.25) is 0 Å². The number of nitrogens with zero attached hydrogens (tertiary/aromatic N) is 1. The number of ether oxygens (including phenoxy) is 1. The maximum absolute atomic E-state index is 12.5. The Labute approximate surface area is 166 Å². The van der Waals surface area contributed by atoms with Crippen LogP contribution in [0.15, 0.2) is 48.5 Å². The predicted octanol–water partition coefficient (Wildman–Crippen LogP) is 2.89. The molecule has 2 atom stereocenters. The molecule has 0 saturated heterocycles. The molecular weight excluding hydrogens is 384 g/mol. The number of benzene rings is 2. The summed E-state index contributed by atoms with van der Waals surface area (Å²) in [6.45, 7) is 2.78. The van der Waals surface area contributed by atoms with Crippen molar-refractivity contribution in [2.24, 2.45) is 0 Å². The molecule has 7 nitrogen and oxygen atoms in total. The van der Waals surface area contributed by atoms with Crippen LogP contribution in [0.25, 0.3) is 0 Å². The quantitative estimate of drug-likeness (QED) is 0.615. The first kappa shape index (κ1) is 19.6. The molecule has 0 radical (unpaired) electrons. The van der Waals surface area contributed by atoms with Crippen molar-refractivity contribution < 1.29 is 23.9 Å². The fourth-order valence-corrected chi connectivity index (χ4v) is 2.99. The van der Waals surface area contributed by atoms with Gasteiger partial charge in [-0.25, -0.2) is 4.79 Å². The fraction of sp³-hybridized carbons (Fsp3) is 0.200. The Hall–Kier alpha value is -3.19. The van der Waals surface area contributed by atoms with Gasteiger partial charge in [-0.2, -0.15) is 0 Å². The highest BCUT2D eigenvalue weighted by molar-refractivity contribution is 6.30. The SMILES string of the molecule is C[C@@H](OC(=O)[C@H](C)N1C(=O)c2ccccc2C1=O)C(=O)Nc1cccc(Cl)c1. The van der Waals surface area contributed by atoms with E-state index < -0.39 is 35.8 Å². The van der Waals surface area contributed by atoms with E-state index in [9.17, 15) is 19.2 Å². The zero-order chi connectivity index (χ0) is 20.4. The smallest absolute Gasteiger partial charge is 0.329 e. The molecule has 28 heavy (non-hydrogen) atoms. The minimum Gasteiger partial charge on any atom is -0.451 e. The summed E-state index contributed by atoms with van der Waals surface area (Å²) in [7, 11) is 0. The first-order valence-corrected chi connectivity index (χ1v) is 8.91. The molecule has 1 heterocycles. The minimum atomic E-state index is -1.17. The van der Waals surface area contributed by atoms with E-state index in [1.54, 1.807) is 36.4 Å². The highest BCUT2D eigenvalue weighted by Crippen LogP contribution is 2.25. The summed E-state index contributed by atoms with van der Waals surface area (Å²) in [5, 5.41) is 3.03. The second kappa shape index (κ2) is 7.82. The number of carbonyl (C=O) groups excluding carboxylic acids is 4. The molecule has 0 bridgehead atoms. The van der Waals surface area contributed by atoms with Crippen LogP contribution in [0.4, 0.5) is 5.69 Å². The maximum atomic E-state index is 12.5. The number of anilines is 1. The lowest BCUT2D eigenvalue weighted by Crippen LogP contribution is -2.45. The Morgan fingerprint density at radius 1 is 1.00 bits per heavy atom. The predicted molar refractivity (Wildman–Crippen MR) is 102 cm³/mol. The van der Waals surface area contributed by atoms with E-state index in [-0.39, 0.29) is 11.1 Å². The standard InChI is InChI=1S/C20H17ClN2O5/c1-11(23-18(25)15-8-3-4-9-16(15)19(23)26)20(27)28-12(2)17(24)22-14-7-5-6-13(21)10-14/h3-12H,1-2H3,(H,22,24)/t11-,12+/m0/s1. The largest absolute Gasteiger partial charge is 0.451 e. The van der Waals surface area contributed by atoms with Crippen molar-refractivity contribution >= 4 is 41.0 Å². The molecule has 0 fully saturated rings. The minimum absolute atomic E-state index is 0.235. The molecule has 0 spiro atoms. The van der Waals surface area contributed by atoms with Gasteiger partial charge in [-0.1, -0.05) is 29.8 Å². The summed E-state index contributed by atoms with van der Waals surface area (Å²) < 4.78 is 5.15. The Bertz CT molecular complexity index is 940. The van der Waals surface area contributed by atoms with Crippen LogP contribution in [0, 0.1) is 0 Å². The number of amides is 3. The molecule has 8 heteroatoms. The van der Waals surface area contributed by atoms with E-state index in [1.807, 2.05) is 0 Å². The molecule has 0 aromatic heterocycles. The molecule has 0 aliphatic carbocycles. The van der Waals surface area contributed by atoms with E-state index in [0.29, 0.717) is 10.7 Å². The maximum Gasteiger partial charge on any atom is 0.329 e. The van der Waals surface area contributed by atoms with E-state index in [2.05, 4.69) is 5.32 Å². The van der Waals surface area contributed by atoms with Crippen molar-refractivity contribution in [2.45, 2.75) is 26.0 Å². The summed E-state index contributed by atoms with van der Waals surface area (Å²) in [6.07, 6.45) is -1.14. The van der Waals surface area contributed by atoms with Crippen molar-refractivity contribution in [3.63, 3.8) is 0 Å². The number of rotatable bonds is 5. The fourth-order valence-electron chi connectivity index (χ4n) is 2.80. The topological polar surface area (TPSA) is 92.8 Å². The Balaban J connectivity index is 1.65. The average Bonchev–Trinajstić information content (AvgIpc) is 2.92. The van der Waals surface area contributed by atoms with Crippen LogP contribution < -0.4 is 5.32 Å². The van der Waals surface area contributed by atoms with Crippen LogP contribution in [0.3, 0.4) is 0 Å². The number of carbonyl (C=O) groups is 4. The van der Waals surface area contributed by atoms with E-state index in [0.717, 1.165) is 4.90 Å². The highest BCUT2D eigenvalue weighted by Gasteiger charge is 2.41. The number of hydrogen-bond donors (Lipinski definition) is 1. The number of fused-ring (bicyclic) bond motifs is 1. The van der Waals surface area contributed by atoms with Gasteiger partial charge in [0.25, 0.3) is 17.7 Å². The van der Waals surface area contributed by atoms with Crippen LogP contribution in [-0.2, 0) is 14.3 Å². The van der Waals surface area contributed by atoms with Gasteiger partial charge in [0.1, 0.15) is 6.04 Å². The summed E-state index contributed by atoms with van der Waals surface area (Å²) in [6, 6.07) is 11.7. The number of halogens is 1. The van der Waals surface area contributed by atoms with Crippen molar-refractivity contribution in [3.8, 4) is 0 Å². The number of imide groups is 1. The van der Waals surface area contributed by atoms with E-state index in [1.165, 1.54) is 26.0 Å². The lowest BCUT2D eigenvalue weighted by Gasteiger charge is -2.22. The Kier molecular flexibility index (Phi) is 5.46. The number of nitrogens with one attached hydrogen (secondary N) is 1. The van der Waals surface area contributed by atoms with Gasteiger partial charge in [0, 0.05) is 10.7 Å². The Morgan fingerprint density at radius 2 is 1.61 bits per heavy atom. The van der Waals surface area contributed by atoms with Crippen LogP contribution >= 0.6 is 11.6 Å². The Morgan fingerprint density at radius 3 is 2.18 bits per heavy atom. The summed E-state index contributed by atoms with van der Waals surface area (Å²) in [4.78, 5) is 50.4. The first-order chi connectivity index (χ1) is 13.3. The third-order valence-corrected chi connectivity index (χ3v) is 4.54. The van der Waals surface area contributed by atoms with Gasteiger partial charge < -0.3 is 10.1 Å². The van der Waals surface area contributed by atoms with Crippen LogP contribution in [0.1, 0.15) is 34.6 Å². The van der Waals surface area contributed by atoms with Gasteiger partial charge in [-0.3, -0.25) is 19.3 Å². The third kappa shape index (κ3) is 3.75. The number of hydrogen-bond acceptors (Lipinski definition) is 5. The molecule has 1 aliphatic heterocycles. The van der Waals surface area contributed by atoms with Gasteiger partial charge in [-0.05, 0) is 44.2 Å². The van der Waals surface area contributed by atoms with E-state index in [4.69, 9.17) is 16.3 Å². The van der Waals surface area contributed by atoms with Crippen LogP contribution in [0.5, 0.6) is 0 Å². The van der Waals surface area contributed by atoms with Gasteiger partial charge in [-0.15, -0.1) is 0 Å². The molecule has 2 aromatic rings. The molecule has 1 N–H and O–H groups in total. The summed E-state index contributed by atoms with van der Waals surface area (Å²) >= 11 is 5.87. The molecule has 3 amide bonds. The van der Waals surface area contributed by atoms with Gasteiger partial charge >= 0.3 is 5.97 Å². The van der Waals surface area contributed by atoms with Crippen molar-refractivity contribution in [1.29, 1.82) is 0 Å². The average molecular weight is 401 g/mol. The molecule has 144 valence electrons. The second-order valence-electron chi connectivity index (χ2n) is 6.28. The van der Waals surface area contributed by atoms with Crippen molar-refractivity contribution in [2.75, 3.05) is 5.32 Å². The van der Waals surface area contributed by atoms with Crippen molar-refractivity contribution in [1.82, 2.24) is 4.90 Å². The molecule has 0 unspecified atom stereocenters. The zero-order valence-corrected chi connectivity index (χ0v) is 15.9. The van der Waals surface area contributed by atoms with Crippen LogP contribution in [0.2, 0.25) is 5.02 Å². The van der Waals surface area contributed by atoms with Crippen LogP contribution in [-0.4, -0.2) is 40.7 Å². The monoisotopic (exact) mass is 400 g/mol. The second-order valence-corrected chi connectivity index (χ2v) is 6.72. The molecule has 0 saturated carbocycles. The van der Waals surface area contributed by atoms with Gasteiger partial charge in [0.05, 0.1) is 11.1 Å². The molecular formula is C20H17ClN2O5. The van der Waals surface area contributed by atoms with Crippen molar-refractivity contribution in [3.05, 3.63) is 64.7 Å².